The van der Waals surface area contributed by atoms with Gasteiger partial charge in [-0.3, -0.25) is 10.1 Å². The SMILES string of the molecule is COc1ccc(C(=O)NC(=S)Nc2ccc(C=Cc3ccccc3)cc2)cc1Br. The Bertz CT molecular complexity index is 1030. The van der Waals surface area contributed by atoms with E-state index >= 15 is 0 Å². The van der Waals surface area contributed by atoms with Crippen LogP contribution in [0.5, 0.6) is 5.75 Å². The average molecular weight is 467 g/mol. The topological polar surface area (TPSA) is 50.4 Å². The Balaban J connectivity index is 1.57. The summed E-state index contributed by atoms with van der Waals surface area (Å²) in [5.41, 5.74) is 3.48. The maximum absolute atomic E-state index is 12.4. The minimum atomic E-state index is -0.298. The Morgan fingerprint density at radius 2 is 1.62 bits per heavy atom. The number of hydrogen-bond acceptors (Lipinski definition) is 3. The van der Waals surface area contributed by atoms with Crippen LogP contribution in [0.1, 0.15) is 21.5 Å². The fourth-order valence-electron chi connectivity index (χ4n) is 2.58. The zero-order chi connectivity index (χ0) is 20.6. The third-order valence-electron chi connectivity index (χ3n) is 4.08. The molecule has 6 heteroatoms. The maximum atomic E-state index is 12.4. The van der Waals surface area contributed by atoms with Gasteiger partial charge in [0.15, 0.2) is 5.11 Å². The van der Waals surface area contributed by atoms with Crippen molar-refractivity contribution in [2.24, 2.45) is 0 Å². The van der Waals surface area contributed by atoms with Gasteiger partial charge in [0.1, 0.15) is 5.75 Å². The molecule has 4 nitrogen and oxygen atoms in total. The van der Waals surface area contributed by atoms with Crippen LogP contribution in [0.3, 0.4) is 0 Å². The van der Waals surface area contributed by atoms with Crippen molar-refractivity contribution in [2.75, 3.05) is 12.4 Å². The van der Waals surface area contributed by atoms with Crippen LogP contribution in [0.4, 0.5) is 5.69 Å². The van der Waals surface area contributed by atoms with Crippen molar-refractivity contribution in [2.45, 2.75) is 0 Å². The van der Waals surface area contributed by atoms with Crippen molar-refractivity contribution in [3.05, 3.63) is 94.0 Å². The molecule has 0 atom stereocenters. The van der Waals surface area contributed by atoms with E-state index in [9.17, 15) is 4.79 Å². The molecule has 29 heavy (non-hydrogen) atoms. The molecule has 0 bridgehead atoms. The molecule has 0 aliphatic carbocycles. The Labute approximate surface area is 183 Å². The normalized spacial score (nSPS) is 10.6. The van der Waals surface area contributed by atoms with Gasteiger partial charge in [-0.15, -0.1) is 0 Å². The second-order valence-corrected chi connectivity index (χ2v) is 7.39. The minimum Gasteiger partial charge on any atom is -0.496 e. The molecule has 3 rings (SSSR count). The molecule has 1 amide bonds. The molecule has 2 N–H and O–H groups in total. The molecule has 0 fully saturated rings. The van der Waals surface area contributed by atoms with Crippen LogP contribution in [0.25, 0.3) is 12.2 Å². The van der Waals surface area contributed by atoms with E-state index in [2.05, 4.69) is 44.8 Å². The number of carbonyl (C=O) groups is 1. The molecule has 0 saturated heterocycles. The summed E-state index contributed by atoms with van der Waals surface area (Å²) >= 11 is 8.62. The van der Waals surface area contributed by atoms with Gasteiger partial charge in [0.25, 0.3) is 5.91 Å². The summed E-state index contributed by atoms with van der Waals surface area (Å²) in [7, 11) is 1.57. The first-order valence-corrected chi connectivity index (χ1v) is 10.0. The number of halogens is 1. The van der Waals surface area contributed by atoms with E-state index in [1.54, 1.807) is 25.3 Å². The molecule has 0 aliphatic rings. The molecule has 3 aromatic rings. The lowest BCUT2D eigenvalue weighted by molar-refractivity contribution is 0.0977. The number of rotatable bonds is 5. The van der Waals surface area contributed by atoms with Gasteiger partial charge in [0, 0.05) is 11.3 Å². The van der Waals surface area contributed by atoms with Gasteiger partial charge in [-0.2, -0.15) is 0 Å². The molecule has 0 radical (unpaired) electrons. The molecule has 0 saturated carbocycles. The molecule has 0 heterocycles. The van der Waals surface area contributed by atoms with Crippen molar-refractivity contribution in [1.29, 1.82) is 0 Å². The smallest absolute Gasteiger partial charge is 0.257 e. The van der Waals surface area contributed by atoms with Crippen LogP contribution in [-0.2, 0) is 0 Å². The van der Waals surface area contributed by atoms with E-state index in [0.717, 1.165) is 16.8 Å². The molecular formula is C23H19BrN2O2S. The van der Waals surface area contributed by atoms with Crippen molar-refractivity contribution in [3.8, 4) is 5.75 Å². The van der Waals surface area contributed by atoms with Crippen molar-refractivity contribution in [3.63, 3.8) is 0 Å². The summed E-state index contributed by atoms with van der Waals surface area (Å²) in [6.07, 6.45) is 4.10. The second kappa shape index (κ2) is 10.0. The third kappa shape index (κ3) is 6.01. The zero-order valence-corrected chi connectivity index (χ0v) is 18.1. The summed E-state index contributed by atoms with van der Waals surface area (Å²) < 4.78 is 5.87. The van der Waals surface area contributed by atoms with Gasteiger partial charge in [-0.1, -0.05) is 54.6 Å². The number of benzene rings is 3. The highest BCUT2D eigenvalue weighted by Gasteiger charge is 2.10. The zero-order valence-electron chi connectivity index (χ0n) is 15.7. The summed E-state index contributed by atoms with van der Waals surface area (Å²) in [5.74, 6) is 0.358. The highest BCUT2D eigenvalue weighted by Crippen LogP contribution is 2.25. The highest BCUT2D eigenvalue weighted by atomic mass is 79.9. The summed E-state index contributed by atoms with van der Waals surface area (Å²) in [6, 6.07) is 23.0. The number of hydrogen-bond donors (Lipinski definition) is 2. The molecule has 146 valence electrons. The first-order valence-electron chi connectivity index (χ1n) is 8.84. The Morgan fingerprint density at radius 3 is 2.24 bits per heavy atom. The Hall–Kier alpha value is -2.96. The van der Waals surface area contributed by atoms with Gasteiger partial charge in [0.2, 0.25) is 0 Å². The standard InChI is InChI=1S/C23H19BrN2O2S/c1-28-21-14-11-18(15-20(21)24)22(27)26-23(29)25-19-12-9-17(10-13-19)8-7-16-5-3-2-4-6-16/h2-15H,1H3,(H2,25,26,27,29). The Morgan fingerprint density at radius 1 is 0.966 bits per heavy atom. The van der Waals surface area contributed by atoms with Crippen LogP contribution < -0.4 is 15.4 Å². The fraction of sp³-hybridized carbons (Fsp3) is 0.0435. The van der Waals surface area contributed by atoms with Gasteiger partial charge in [-0.05, 0) is 69.6 Å². The minimum absolute atomic E-state index is 0.231. The highest BCUT2D eigenvalue weighted by molar-refractivity contribution is 9.10. The number of thiocarbonyl (C=S) groups is 1. The van der Waals surface area contributed by atoms with E-state index in [-0.39, 0.29) is 11.0 Å². The van der Waals surface area contributed by atoms with E-state index in [1.165, 1.54) is 0 Å². The summed E-state index contributed by atoms with van der Waals surface area (Å²) in [6.45, 7) is 0. The molecule has 0 aromatic heterocycles. The number of amides is 1. The molecule has 0 aliphatic heterocycles. The number of nitrogens with one attached hydrogen (secondary N) is 2. The quantitative estimate of drug-likeness (QED) is 0.370. The molecule has 0 unspecified atom stereocenters. The maximum Gasteiger partial charge on any atom is 0.257 e. The van der Waals surface area contributed by atoms with Crippen LogP contribution in [0.2, 0.25) is 0 Å². The predicted molar refractivity (Wildman–Crippen MR) is 126 cm³/mol. The molecular weight excluding hydrogens is 448 g/mol. The lowest BCUT2D eigenvalue weighted by Gasteiger charge is -2.11. The van der Waals surface area contributed by atoms with Gasteiger partial charge < -0.3 is 10.1 Å². The van der Waals surface area contributed by atoms with Crippen molar-refractivity contribution in [1.82, 2.24) is 5.32 Å². The van der Waals surface area contributed by atoms with Crippen LogP contribution in [0.15, 0.2) is 77.3 Å². The van der Waals surface area contributed by atoms with Gasteiger partial charge in [-0.25, -0.2) is 0 Å². The van der Waals surface area contributed by atoms with Gasteiger partial charge >= 0.3 is 0 Å². The molecule has 3 aromatic carbocycles. The van der Waals surface area contributed by atoms with Crippen molar-refractivity contribution < 1.29 is 9.53 Å². The summed E-state index contributed by atoms with van der Waals surface area (Å²) in [4.78, 5) is 12.4. The van der Waals surface area contributed by atoms with Gasteiger partial charge in [0.05, 0.1) is 11.6 Å². The second-order valence-electron chi connectivity index (χ2n) is 6.12. The van der Waals surface area contributed by atoms with Crippen LogP contribution >= 0.6 is 28.1 Å². The molecule has 0 spiro atoms. The van der Waals surface area contributed by atoms with E-state index in [0.29, 0.717) is 15.8 Å². The summed E-state index contributed by atoms with van der Waals surface area (Å²) in [5, 5.41) is 5.93. The van der Waals surface area contributed by atoms with Crippen molar-refractivity contribution >= 4 is 57.0 Å². The lowest BCUT2D eigenvalue weighted by atomic mass is 10.1. The Kier molecular flexibility index (Phi) is 7.16. The average Bonchev–Trinajstić information content (AvgIpc) is 2.74. The van der Waals surface area contributed by atoms with Crippen LogP contribution in [0, 0.1) is 0 Å². The van der Waals surface area contributed by atoms with Crippen LogP contribution in [-0.4, -0.2) is 18.1 Å². The third-order valence-corrected chi connectivity index (χ3v) is 4.90. The fourth-order valence-corrected chi connectivity index (χ4v) is 3.33. The largest absolute Gasteiger partial charge is 0.496 e. The number of anilines is 1. The van der Waals surface area contributed by atoms with E-state index < -0.39 is 0 Å². The number of carbonyl (C=O) groups excluding carboxylic acids is 1. The van der Waals surface area contributed by atoms with E-state index in [1.807, 2.05) is 48.5 Å². The number of ether oxygens (including phenoxy) is 1. The number of methoxy groups -OCH3 is 1. The lowest BCUT2D eigenvalue weighted by Crippen LogP contribution is -2.34. The monoisotopic (exact) mass is 466 g/mol. The first-order chi connectivity index (χ1) is 14.0. The predicted octanol–water partition coefficient (Wildman–Crippen LogP) is 5.75. The first kappa shape index (κ1) is 20.8. The van der Waals surface area contributed by atoms with E-state index in [4.69, 9.17) is 17.0 Å².